The quantitative estimate of drug-likeness (QED) is 0.512. The van der Waals surface area contributed by atoms with Gasteiger partial charge in [0.1, 0.15) is 30.6 Å². The van der Waals surface area contributed by atoms with Crippen molar-refractivity contribution in [3.63, 3.8) is 0 Å². The van der Waals surface area contributed by atoms with Crippen molar-refractivity contribution in [2.75, 3.05) is 13.2 Å². The first-order valence-corrected chi connectivity index (χ1v) is 9.32. The number of nitrogens with zero attached hydrogens (tertiary/aromatic N) is 2. The first-order chi connectivity index (χ1) is 12.8. The van der Waals surface area contributed by atoms with Gasteiger partial charge in [0.25, 0.3) is 0 Å². The van der Waals surface area contributed by atoms with Gasteiger partial charge in [-0.15, -0.1) is 0 Å². The van der Waals surface area contributed by atoms with Gasteiger partial charge in [-0.3, -0.25) is 9.78 Å². The first kappa shape index (κ1) is 16.6. The number of esters is 1. The van der Waals surface area contributed by atoms with Crippen molar-refractivity contribution in [2.45, 2.75) is 12.8 Å². The van der Waals surface area contributed by atoms with Gasteiger partial charge in [0, 0.05) is 11.6 Å². The van der Waals surface area contributed by atoms with Crippen LogP contribution in [0.25, 0.3) is 10.9 Å². The van der Waals surface area contributed by atoms with E-state index < -0.39 is 0 Å². The third-order valence-corrected chi connectivity index (χ3v) is 5.36. The summed E-state index contributed by atoms with van der Waals surface area (Å²) in [7, 11) is 0. The smallest absolute Gasteiger partial charge is 0.309 e. The van der Waals surface area contributed by atoms with E-state index in [1.54, 1.807) is 11.3 Å². The zero-order valence-electron chi connectivity index (χ0n) is 14.0. The van der Waals surface area contributed by atoms with Crippen LogP contribution in [0.5, 0.6) is 5.75 Å². The number of fused-ring (bicyclic) bond motifs is 2. The van der Waals surface area contributed by atoms with E-state index in [0.717, 1.165) is 23.7 Å². The zero-order valence-corrected chi connectivity index (χ0v) is 14.8. The summed E-state index contributed by atoms with van der Waals surface area (Å²) in [4.78, 5) is 16.5. The molecular formula is C20H16N2O3S. The molecule has 2 aromatic heterocycles. The standard InChI is InChI=1S/C20H16N2O3S/c21-9-16-10-22-18-4-2-1-3-17(18)19(16)24-5-6-25-20(23)13-7-14-11-26-12-15(14)8-13/h1-4,10-13H,5-8H2. The summed E-state index contributed by atoms with van der Waals surface area (Å²) in [6.07, 6.45) is 3.01. The number of nitriles is 1. The van der Waals surface area contributed by atoms with Crippen LogP contribution in [0.4, 0.5) is 0 Å². The summed E-state index contributed by atoms with van der Waals surface area (Å²) in [5, 5.41) is 14.3. The molecule has 1 aliphatic rings. The van der Waals surface area contributed by atoms with Crippen molar-refractivity contribution in [3.05, 3.63) is 57.9 Å². The number of hydrogen-bond donors (Lipinski definition) is 0. The van der Waals surface area contributed by atoms with E-state index in [1.165, 1.54) is 17.3 Å². The summed E-state index contributed by atoms with van der Waals surface area (Å²) < 4.78 is 11.1. The van der Waals surface area contributed by atoms with Crippen LogP contribution in [0.1, 0.15) is 16.7 Å². The summed E-state index contributed by atoms with van der Waals surface area (Å²) in [6.45, 7) is 0.353. The molecule has 0 spiro atoms. The lowest BCUT2D eigenvalue weighted by Gasteiger charge is -2.12. The van der Waals surface area contributed by atoms with Gasteiger partial charge in [0.05, 0.1) is 11.4 Å². The molecular weight excluding hydrogens is 348 g/mol. The maximum atomic E-state index is 12.2. The lowest BCUT2D eigenvalue weighted by atomic mass is 10.1. The maximum Gasteiger partial charge on any atom is 0.309 e. The molecule has 1 aromatic carbocycles. The molecule has 3 aromatic rings. The molecule has 2 heterocycles. The van der Waals surface area contributed by atoms with Gasteiger partial charge < -0.3 is 9.47 Å². The highest BCUT2D eigenvalue weighted by molar-refractivity contribution is 7.08. The van der Waals surface area contributed by atoms with Gasteiger partial charge in [0.15, 0.2) is 0 Å². The van der Waals surface area contributed by atoms with E-state index in [4.69, 9.17) is 9.47 Å². The molecule has 0 fully saturated rings. The number of carbonyl (C=O) groups is 1. The number of ether oxygens (including phenoxy) is 2. The number of benzene rings is 1. The fraction of sp³-hybridized carbons (Fsp3) is 0.250. The number of pyridine rings is 1. The fourth-order valence-electron chi connectivity index (χ4n) is 3.23. The van der Waals surface area contributed by atoms with Crippen molar-refractivity contribution in [1.82, 2.24) is 4.98 Å². The van der Waals surface area contributed by atoms with Crippen LogP contribution in [0.3, 0.4) is 0 Å². The van der Waals surface area contributed by atoms with Crippen LogP contribution in [0, 0.1) is 17.2 Å². The minimum absolute atomic E-state index is 0.0928. The topological polar surface area (TPSA) is 72.2 Å². The average molecular weight is 364 g/mol. The molecule has 6 heteroatoms. The highest BCUT2D eigenvalue weighted by atomic mass is 32.1. The Bertz CT molecular complexity index is 985. The lowest BCUT2D eigenvalue weighted by molar-refractivity contribution is -0.148. The monoisotopic (exact) mass is 364 g/mol. The van der Waals surface area contributed by atoms with Crippen LogP contribution >= 0.6 is 11.3 Å². The molecule has 130 valence electrons. The highest BCUT2D eigenvalue weighted by Gasteiger charge is 2.29. The Balaban J connectivity index is 1.35. The number of hydrogen-bond acceptors (Lipinski definition) is 6. The van der Waals surface area contributed by atoms with Crippen molar-refractivity contribution >= 4 is 28.2 Å². The van der Waals surface area contributed by atoms with Crippen molar-refractivity contribution in [2.24, 2.45) is 5.92 Å². The second-order valence-electron chi connectivity index (χ2n) is 6.17. The van der Waals surface area contributed by atoms with Crippen LogP contribution in [-0.4, -0.2) is 24.2 Å². The van der Waals surface area contributed by atoms with Crippen LogP contribution in [-0.2, 0) is 22.4 Å². The van der Waals surface area contributed by atoms with Crippen molar-refractivity contribution < 1.29 is 14.3 Å². The molecule has 0 bridgehead atoms. The Labute approximate surface area is 154 Å². The summed E-state index contributed by atoms with van der Waals surface area (Å²) in [5.41, 5.74) is 3.65. The van der Waals surface area contributed by atoms with E-state index in [-0.39, 0.29) is 25.1 Å². The average Bonchev–Trinajstić information content (AvgIpc) is 3.27. The first-order valence-electron chi connectivity index (χ1n) is 8.37. The van der Waals surface area contributed by atoms with Gasteiger partial charge in [0.2, 0.25) is 0 Å². The molecule has 0 unspecified atom stereocenters. The molecule has 0 atom stereocenters. The number of thiophene rings is 1. The second-order valence-corrected chi connectivity index (χ2v) is 6.92. The summed E-state index contributed by atoms with van der Waals surface area (Å²) in [6, 6.07) is 9.57. The highest BCUT2D eigenvalue weighted by Crippen LogP contribution is 2.30. The molecule has 5 nitrogen and oxygen atoms in total. The van der Waals surface area contributed by atoms with Gasteiger partial charge >= 0.3 is 5.97 Å². The van der Waals surface area contributed by atoms with Crippen molar-refractivity contribution in [1.29, 1.82) is 5.26 Å². The van der Waals surface area contributed by atoms with Gasteiger partial charge in [-0.25, -0.2) is 0 Å². The van der Waals surface area contributed by atoms with E-state index >= 15 is 0 Å². The number of para-hydroxylation sites is 1. The molecule has 0 N–H and O–H groups in total. The molecule has 0 saturated carbocycles. The van der Waals surface area contributed by atoms with E-state index in [2.05, 4.69) is 21.8 Å². The van der Waals surface area contributed by atoms with Crippen LogP contribution in [0.15, 0.2) is 41.2 Å². The fourth-order valence-corrected chi connectivity index (χ4v) is 4.12. The van der Waals surface area contributed by atoms with Gasteiger partial charge in [-0.2, -0.15) is 16.6 Å². The maximum absolute atomic E-state index is 12.2. The minimum atomic E-state index is -0.185. The molecule has 26 heavy (non-hydrogen) atoms. The third kappa shape index (κ3) is 3.14. The largest absolute Gasteiger partial charge is 0.488 e. The third-order valence-electron chi connectivity index (χ3n) is 4.52. The molecule has 0 saturated heterocycles. The Kier molecular flexibility index (Phi) is 4.55. The number of carbonyl (C=O) groups excluding carboxylic acids is 1. The second kappa shape index (κ2) is 7.14. The van der Waals surface area contributed by atoms with E-state index in [0.29, 0.717) is 11.3 Å². The normalized spacial score (nSPS) is 13.3. The summed E-state index contributed by atoms with van der Waals surface area (Å²) in [5.74, 6) is 0.205. The Morgan fingerprint density at radius 3 is 2.77 bits per heavy atom. The Morgan fingerprint density at radius 1 is 1.23 bits per heavy atom. The SMILES string of the molecule is N#Cc1cnc2ccccc2c1OCCOC(=O)C1Cc2cscc2C1. The van der Waals surface area contributed by atoms with Gasteiger partial charge in [-0.1, -0.05) is 12.1 Å². The summed E-state index contributed by atoms with van der Waals surface area (Å²) >= 11 is 1.68. The van der Waals surface area contributed by atoms with Crippen LogP contribution < -0.4 is 4.74 Å². The molecule has 0 amide bonds. The Hall–Kier alpha value is -2.91. The molecule has 1 aliphatic carbocycles. The van der Waals surface area contributed by atoms with Crippen molar-refractivity contribution in [3.8, 4) is 11.8 Å². The minimum Gasteiger partial charge on any atom is -0.488 e. The van der Waals surface area contributed by atoms with E-state index in [1.807, 2.05) is 24.3 Å². The predicted octanol–water partition coefficient (Wildman–Crippen LogP) is 3.50. The number of rotatable bonds is 5. The van der Waals surface area contributed by atoms with Crippen LogP contribution in [0.2, 0.25) is 0 Å². The Morgan fingerprint density at radius 2 is 2.00 bits per heavy atom. The predicted molar refractivity (Wildman–Crippen MR) is 98.1 cm³/mol. The lowest BCUT2D eigenvalue weighted by Crippen LogP contribution is -2.21. The zero-order chi connectivity index (χ0) is 17.9. The number of aromatic nitrogens is 1. The molecule has 0 aliphatic heterocycles. The molecule has 4 rings (SSSR count). The van der Waals surface area contributed by atoms with Gasteiger partial charge in [-0.05, 0) is 46.9 Å². The molecule has 0 radical (unpaired) electrons. The van der Waals surface area contributed by atoms with E-state index in [9.17, 15) is 10.1 Å².